The number of hydrogen-bond donors (Lipinski definition) is 0. The van der Waals surface area contributed by atoms with Gasteiger partial charge in [-0.2, -0.15) is 0 Å². The van der Waals surface area contributed by atoms with Crippen LogP contribution in [0.25, 0.3) is 0 Å². The Morgan fingerprint density at radius 1 is 1.71 bits per heavy atom. The summed E-state index contributed by atoms with van der Waals surface area (Å²) in [5.74, 6) is 0. The predicted molar refractivity (Wildman–Crippen MR) is 41.3 cm³/mol. The van der Waals surface area contributed by atoms with E-state index in [1.54, 1.807) is 0 Å². The largest absolute Gasteiger partial charge is 0.0883 e. The lowest BCUT2D eigenvalue weighted by Crippen LogP contribution is -1.78. The van der Waals surface area contributed by atoms with Crippen LogP contribution >= 0.6 is 31.9 Å². The van der Waals surface area contributed by atoms with E-state index in [1.165, 1.54) is 0 Å². The molecule has 0 aromatic carbocycles. The highest BCUT2D eigenvalue weighted by Gasteiger charge is 1.81. The number of alkyl halides is 2. The van der Waals surface area contributed by atoms with Crippen molar-refractivity contribution in [1.29, 1.82) is 0 Å². The summed E-state index contributed by atoms with van der Waals surface area (Å²) in [6.45, 7) is 2.08. The molecule has 0 rings (SSSR count). The Morgan fingerprint density at radius 3 is 2.43 bits per heavy atom. The lowest BCUT2D eigenvalue weighted by atomic mass is 10.4. The smallest absolute Gasteiger partial charge is 0.0297 e. The Labute approximate surface area is 61.2 Å². The van der Waals surface area contributed by atoms with Crippen LogP contribution in [-0.4, -0.2) is 10.2 Å². The number of rotatable bonds is 2. The first-order chi connectivity index (χ1) is 3.27. The van der Waals surface area contributed by atoms with Gasteiger partial charge in [-0.05, 0) is 6.92 Å². The lowest BCUT2D eigenvalue weighted by molar-refractivity contribution is 1.27. The molecule has 0 aromatic rings. The fourth-order valence-electron chi connectivity index (χ4n) is 0.239. The van der Waals surface area contributed by atoms with E-state index in [-0.39, 0.29) is 0 Å². The summed E-state index contributed by atoms with van der Waals surface area (Å²) >= 11 is 6.64. The van der Waals surface area contributed by atoms with Gasteiger partial charge in [0, 0.05) is 10.2 Å². The molecule has 0 nitrogen and oxygen atoms in total. The highest BCUT2D eigenvalue weighted by atomic mass is 79.9. The molecule has 7 heavy (non-hydrogen) atoms. The predicted octanol–water partition coefficient (Wildman–Crippen LogP) is 2.72. The summed E-state index contributed by atoms with van der Waals surface area (Å²) in [6.07, 6.45) is 4.16. The molecule has 1 unspecified atom stereocenters. The molecule has 0 saturated carbocycles. The Kier molecular flexibility index (Phi) is 5.33. The van der Waals surface area contributed by atoms with Crippen LogP contribution in [0.2, 0.25) is 0 Å². The summed E-state index contributed by atoms with van der Waals surface area (Å²) in [5.41, 5.74) is 0. The van der Waals surface area contributed by atoms with Crippen molar-refractivity contribution in [1.82, 2.24) is 0 Å². The maximum Gasteiger partial charge on any atom is 0.0297 e. The van der Waals surface area contributed by atoms with Gasteiger partial charge in [0.2, 0.25) is 0 Å². The first-order valence-electron chi connectivity index (χ1n) is 2.14. The van der Waals surface area contributed by atoms with E-state index in [0.29, 0.717) is 4.83 Å². The van der Waals surface area contributed by atoms with Gasteiger partial charge in [0.1, 0.15) is 0 Å². The molecule has 0 saturated heterocycles. The second-order valence-corrected chi connectivity index (χ2v) is 3.35. The van der Waals surface area contributed by atoms with E-state index in [2.05, 4.69) is 50.9 Å². The average Bonchev–Trinajstić information content (AvgIpc) is 1.61. The quantitative estimate of drug-likeness (QED) is 0.503. The van der Waals surface area contributed by atoms with Crippen LogP contribution in [0, 0.1) is 0 Å². The fourth-order valence-corrected chi connectivity index (χ4v) is 0.671. The minimum absolute atomic E-state index is 0.505. The van der Waals surface area contributed by atoms with E-state index in [9.17, 15) is 0 Å². The van der Waals surface area contributed by atoms with E-state index < -0.39 is 0 Å². The zero-order chi connectivity index (χ0) is 5.70. The molecule has 0 aliphatic heterocycles. The SMILES string of the molecule is CC(Br)/C=C/CBr. The normalized spacial score (nSPS) is 15.3. The monoisotopic (exact) mass is 226 g/mol. The Balaban J connectivity index is 3.08. The molecule has 0 aliphatic carbocycles. The van der Waals surface area contributed by atoms with Crippen LogP contribution in [0.4, 0.5) is 0 Å². The van der Waals surface area contributed by atoms with Gasteiger partial charge in [0.25, 0.3) is 0 Å². The van der Waals surface area contributed by atoms with Gasteiger partial charge in [0.15, 0.2) is 0 Å². The number of allylic oxidation sites excluding steroid dienone is 2. The molecule has 0 radical (unpaired) electrons. The van der Waals surface area contributed by atoms with Gasteiger partial charge in [-0.15, -0.1) is 0 Å². The standard InChI is InChI=1S/C5H8Br2/c1-5(7)3-2-4-6/h2-3,5H,4H2,1H3/b3-2+. The maximum atomic E-state index is 3.37. The Morgan fingerprint density at radius 2 is 2.29 bits per heavy atom. The molecule has 0 bridgehead atoms. The molecule has 0 aliphatic rings. The Hall–Kier alpha value is 0.700. The van der Waals surface area contributed by atoms with Gasteiger partial charge in [0.05, 0.1) is 0 Å². The molecular formula is C5H8Br2. The summed E-state index contributed by atoms with van der Waals surface area (Å²) in [4.78, 5) is 0.505. The van der Waals surface area contributed by atoms with E-state index in [4.69, 9.17) is 0 Å². The van der Waals surface area contributed by atoms with Crippen molar-refractivity contribution in [3.63, 3.8) is 0 Å². The summed E-state index contributed by atoms with van der Waals surface area (Å²) in [5, 5.41) is 0.947. The summed E-state index contributed by atoms with van der Waals surface area (Å²) in [6, 6.07) is 0. The van der Waals surface area contributed by atoms with Gasteiger partial charge in [-0.1, -0.05) is 44.0 Å². The zero-order valence-corrected chi connectivity index (χ0v) is 7.37. The zero-order valence-electron chi connectivity index (χ0n) is 4.20. The number of hydrogen-bond acceptors (Lipinski definition) is 0. The van der Waals surface area contributed by atoms with Crippen LogP contribution < -0.4 is 0 Å². The first kappa shape index (κ1) is 7.70. The number of halogens is 2. The molecule has 0 N–H and O–H groups in total. The minimum atomic E-state index is 0.505. The highest BCUT2D eigenvalue weighted by Crippen LogP contribution is 1.98. The Bertz CT molecular complexity index is 57.1. The van der Waals surface area contributed by atoms with Crippen molar-refractivity contribution >= 4 is 31.9 Å². The third kappa shape index (κ3) is 6.70. The van der Waals surface area contributed by atoms with E-state index in [1.807, 2.05) is 0 Å². The van der Waals surface area contributed by atoms with Crippen LogP contribution in [0.15, 0.2) is 12.2 Å². The van der Waals surface area contributed by atoms with Gasteiger partial charge < -0.3 is 0 Å². The van der Waals surface area contributed by atoms with Crippen LogP contribution in [0.5, 0.6) is 0 Å². The van der Waals surface area contributed by atoms with Crippen molar-refractivity contribution in [3.05, 3.63) is 12.2 Å². The molecular weight excluding hydrogens is 220 g/mol. The summed E-state index contributed by atoms with van der Waals surface area (Å²) < 4.78 is 0. The van der Waals surface area contributed by atoms with Gasteiger partial charge >= 0.3 is 0 Å². The molecule has 0 heterocycles. The van der Waals surface area contributed by atoms with E-state index >= 15 is 0 Å². The second kappa shape index (κ2) is 4.85. The van der Waals surface area contributed by atoms with Gasteiger partial charge in [-0.25, -0.2) is 0 Å². The van der Waals surface area contributed by atoms with Crippen molar-refractivity contribution in [3.8, 4) is 0 Å². The molecule has 42 valence electrons. The molecule has 0 fully saturated rings. The average molecular weight is 228 g/mol. The van der Waals surface area contributed by atoms with Crippen molar-refractivity contribution in [2.75, 3.05) is 5.33 Å². The third-order valence-corrected chi connectivity index (χ3v) is 1.17. The lowest BCUT2D eigenvalue weighted by Gasteiger charge is -1.86. The molecule has 0 aromatic heterocycles. The van der Waals surface area contributed by atoms with Crippen molar-refractivity contribution in [2.24, 2.45) is 0 Å². The van der Waals surface area contributed by atoms with Gasteiger partial charge in [-0.3, -0.25) is 0 Å². The molecule has 1 atom stereocenters. The van der Waals surface area contributed by atoms with Crippen molar-refractivity contribution in [2.45, 2.75) is 11.8 Å². The topological polar surface area (TPSA) is 0 Å². The molecule has 0 spiro atoms. The highest BCUT2D eigenvalue weighted by molar-refractivity contribution is 9.09. The third-order valence-electron chi connectivity index (χ3n) is 0.490. The first-order valence-corrected chi connectivity index (χ1v) is 4.17. The van der Waals surface area contributed by atoms with E-state index in [0.717, 1.165) is 5.33 Å². The molecule has 0 amide bonds. The van der Waals surface area contributed by atoms with Crippen LogP contribution in [0.1, 0.15) is 6.92 Å². The van der Waals surface area contributed by atoms with Crippen LogP contribution in [0.3, 0.4) is 0 Å². The molecule has 2 heteroatoms. The van der Waals surface area contributed by atoms with Crippen LogP contribution in [-0.2, 0) is 0 Å². The van der Waals surface area contributed by atoms with Crippen molar-refractivity contribution < 1.29 is 0 Å². The second-order valence-electron chi connectivity index (χ2n) is 1.26. The maximum absolute atomic E-state index is 3.37. The summed E-state index contributed by atoms with van der Waals surface area (Å²) in [7, 11) is 0. The fraction of sp³-hybridized carbons (Fsp3) is 0.600. The minimum Gasteiger partial charge on any atom is -0.0883 e.